The summed E-state index contributed by atoms with van der Waals surface area (Å²) in [5.74, 6) is 3.06. The minimum Gasteiger partial charge on any atom is -0.499 e. The van der Waals surface area contributed by atoms with Crippen molar-refractivity contribution in [1.29, 1.82) is 0 Å². The highest BCUT2D eigenvalue weighted by Gasteiger charge is 2.44. The monoisotopic (exact) mass is 456 g/mol. The molecule has 1 fully saturated rings. The van der Waals surface area contributed by atoms with Gasteiger partial charge in [0.1, 0.15) is 43.2 Å². The molecule has 0 spiro atoms. The van der Waals surface area contributed by atoms with Crippen LogP contribution < -0.4 is 24.7 Å². The number of benzene rings is 1. The van der Waals surface area contributed by atoms with E-state index in [0.717, 1.165) is 48.8 Å². The Morgan fingerprint density at radius 2 is 1.68 bits per heavy atom. The summed E-state index contributed by atoms with van der Waals surface area (Å²) in [7, 11) is 8.14. The average Bonchev–Trinajstić information content (AvgIpc) is 2.77. The Morgan fingerprint density at radius 3 is 2.38 bits per heavy atom. The van der Waals surface area contributed by atoms with Crippen LogP contribution >= 0.6 is 0 Å². The van der Waals surface area contributed by atoms with Crippen molar-refractivity contribution >= 4 is 42.9 Å². The number of nitrogens with zero attached hydrogens (tertiary/aromatic N) is 4. The Hall–Kier alpha value is -3.03. The van der Waals surface area contributed by atoms with Crippen LogP contribution in [0, 0.1) is 13.8 Å². The maximum Gasteiger partial charge on any atom is 0.277 e. The van der Waals surface area contributed by atoms with E-state index < -0.39 is 10.8 Å². The number of hydrogen-bond acceptors (Lipinski definition) is 7. The quantitative estimate of drug-likeness (QED) is 0.439. The molecule has 1 saturated heterocycles. The van der Waals surface area contributed by atoms with Gasteiger partial charge < -0.3 is 19.1 Å². The summed E-state index contributed by atoms with van der Waals surface area (Å²) in [4.78, 5) is 19.1. The van der Waals surface area contributed by atoms with Crippen LogP contribution in [0.15, 0.2) is 35.3 Å². The van der Waals surface area contributed by atoms with Crippen LogP contribution in [0.4, 0.5) is 5.82 Å². The van der Waals surface area contributed by atoms with E-state index in [4.69, 9.17) is 14.2 Å². The maximum absolute atomic E-state index is 12.5. The Labute approximate surface area is 202 Å². The Kier molecular flexibility index (Phi) is 5.37. The molecule has 2 aromatic heterocycles. The van der Waals surface area contributed by atoms with E-state index in [1.54, 1.807) is 13.1 Å². The van der Waals surface area contributed by atoms with Gasteiger partial charge in [-0.1, -0.05) is 0 Å². The number of ether oxygens (including phenoxy) is 3. The fourth-order valence-corrected chi connectivity index (χ4v) is 4.38. The molecule has 1 aromatic carbocycles. The Morgan fingerprint density at radius 1 is 1.00 bits per heavy atom. The second-order valence-electron chi connectivity index (χ2n) is 10.3. The first-order valence-corrected chi connectivity index (χ1v) is 11.8. The number of anilines is 1. The topological polar surface area (TPSA) is 78.2 Å². The van der Waals surface area contributed by atoms with Crippen LogP contribution in [0.2, 0.25) is 0 Å². The molecule has 0 aliphatic carbocycles. The molecule has 3 aromatic rings. The van der Waals surface area contributed by atoms with Crippen molar-refractivity contribution in [3.63, 3.8) is 0 Å². The first-order valence-electron chi connectivity index (χ1n) is 11.8. The number of hydrogen-bond donors (Lipinski definition) is 0. The van der Waals surface area contributed by atoms with Gasteiger partial charge in [0.25, 0.3) is 5.56 Å². The van der Waals surface area contributed by atoms with Crippen molar-refractivity contribution < 1.29 is 14.2 Å². The molecular weight excluding hydrogens is 428 g/mol. The summed E-state index contributed by atoms with van der Waals surface area (Å²) >= 11 is 0. The van der Waals surface area contributed by atoms with Gasteiger partial charge in [-0.25, -0.2) is 4.98 Å². The number of aromatic nitrogens is 3. The van der Waals surface area contributed by atoms with E-state index >= 15 is 0 Å². The lowest BCUT2D eigenvalue weighted by Gasteiger charge is -2.47. The Balaban J connectivity index is 1.28. The van der Waals surface area contributed by atoms with Crippen LogP contribution in [0.1, 0.15) is 24.0 Å². The zero-order valence-electron chi connectivity index (χ0n) is 20.7. The lowest BCUT2D eigenvalue weighted by Crippen LogP contribution is -2.65. The van der Waals surface area contributed by atoms with Crippen molar-refractivity contribution in [3.05, 3.63) is 51.9 Å². The van der Waals surface area contributed by atoms with Gasteiger partial charge in [-0.05, 0) is 37.6 Å². The summed E-state index contributed by atoms with van der Waals surface area (Å²) in [6, 6.07) is 7.71. The zero-order valence-corrected chi connectivity index (χ0v) is 20.7. The molecule has 0 N–H and O–H groups in total. The Bertz CT molecular complexity index is 1320. The predicted octanol–water partition coefficient (Wildman–Crippen LogP) is -1.63. The fraction of sp³-hybridized carbons (Fsp3) is 0.409. The number of fused-ring (bicyclic) bond motifs is 2. The average molecular weight is 456 g/mol. The summed E-state index contributed by atoms with van der Waals surface area (Å²) in [5.41, 5.74) is 2.03. The molecule has 4 heterocycles. The van der Waals surface area contributed by atoms with E-state index in [1.807, 2.05) is 62.6 Å². The fourth-order valence-electron chi connectivity index (χ4n) is 4.38. The lowest BCUT2D eigenvalue weighted by molar-refractivity contribution is 0.0609. The minimum absolute atomic E-state index is 0.0932. The molecule has 5 rings (SSSR count). The van der Waals surface area contributed by atoms with Gasteiger partial charge in [-0.15, -0.1) is 5.10 Å². The third kappa shape index (κ3) is 3.93. The number of rotatable bonds is 3. The van der Waals surface area contributed by atoms with E-state index in [-0.39, 0.29) is 11.7 Å². The van der Waals surface area contributed by atoms with E-state index in [1.165, 1.54) is 4.52 Å². The van der Waals surface area contributed by atoms with E-state index in [0.29, 0.717) is 17.0 Å². The lowest BCUT2D eigenvalue weighted by atomic mass is 9.41. The van der Waals surface area contributed by atoms with E-state index in [2.05, 4.69) is 15.0 Å². The van der Waals surface area contributed by atoms with Gasteiger partial charge in [0, 0.05) is 43.8 Å². The first-order chi connectivity index (χ1) is 16.0. The molecular formula is C22H28B4N4O4. The summed E-state index contributed by atoms with van der Waals surface area (Å²) in [6.45, 7) is 5.36. The zero-order chi connectivity index (χ0) is 24.3. The van der Waals surface area contributed by atoms with Crippen LogP contribution in [0.5, 0.6) is 17.2 Å². The summed E-state index contributed by atoms with van der Waals surface area (Å²) < 4.78 is 20.1. The molecule has 0 amide bonds. The number of aryl methyl sites for hydroxylation is 2. The van der Waals surface area contributed by atoms with Gasteiger partial charge >= 0.3 is 0 Å². The van der Waals surface area contributed by atoms with Crippen molar-refractivity contribution in [2.75, 3.05) is 18.0 Å². The van der Waals surface area contributed by atoms with Crippen LogP contribution in [-0.4, -0.2) is 76.0 Å². The van der Waals surface area contributed by atoms with Crippen molar-refractivity contribution in [2.24, 2.45) is 0 Å². The highest BCUT2D eigenvalue weighted by molar-refractivity contribution is 6.53. The second-order valence-corrected chi connectivity index (χ2v) is 10.3. The van der Waals surface area contributed by atoms with Gasteiger partial charge in [-0.2, -0.15) is 4.52 Å². The molecule has 0 bridgehead atoms. The predicted molar refractivity (Wildman–Crippen MR) is 142 cm³/mol. The smallest absolute Gasteiger partial charge is 0.277 e. The summed E-state index contributed by atoms with van der Waals surface area (Å²) in [6.07, 6.45) is 3.40. The SMILES string of the molecule is BC1(B)Oc2ccc(OC3CCN(c4nn5c(=O)c(C)cnc5cc4C)CC3)cc2OC1(B)B. The molecule has 8 nitrogen and oxygen atoms in total. The molecule has 0 radical (unpaired) electrons. The highest BCUT2D eigenvalue weighted by atomic mass is 16.6. The largest absolute Gasteiger partial charge is 0.499 e. The summed E-state index contributed by atoms with van der Waals surface area (Å²) in [5, 5.41) is 3.76. The van der Waals surface area contributed by atoms with Crippen LogP contribution in [0.25, 0.3) is 5.65 Å². The third-order valence-electron chi connectivity index (χ3n) is 7.17. The van der Waals surface area contributed by atoms with Gasteiger partial charge in [0.05, 0.1) is 10.8 Å². The molecule has 0 unspecified atom stereocenters. The standard InChI is InChI=1S/C22H28B4N4O4/c1-12-9-18-27-11-13(2)20(31)30(18)28-19(12)29-7-5-14(6-8-29)32-15-3-4-16-17(10-15)34-22(25,26)21(23,24)33-16/h3-4,9-11,14H,5-8,23-26H2,1-2H3. The van der Waals surface area contributed by atoms with Crippen molar-refractivity contribution in [2.45, 2.75) is 43.6 Å². The van der Waals surface area contributed by atoms with Crippen LogP contribution in [-0.2, 0) is 0 Å². The van der Waals surface area contributed by atoms with Crippen molar-refractivity contribution in [1.82, 2.24) is 14.6 Å². The molecule has 2 aliphatic rings. The molecule has 172 valence electrons. The molecule has 12 heteroatoms. The normalized spacial score (nSPS) is 19.2. The van der Waals surface area contributed by atoms with Crippen LogP contribution in [0.3, 0.4) is 0 Å². The molecule has 0 saturated carbocycles. The second kappa shape index (κ2) is 8.03. The molecule has 34 heavy (non-hydrogen) atoms. The maximum atomic E-state index is 12.5. The highest BCUT2D eigenvalue weighted by Crippen LogP contribution is 2.41. The van der Waals surface area contributed by atoms with Gasteiger partial charge in [-0.3, -0.25) is 4.79 Å². The number of piperidine rings is 1. The molecule has 2 aliphatic heterocycles. The van der Waals surface area contributed by atoms with Crippen molar-refractivity contribution in [3.8, 4) is 17.2 Å². The first kappa shape index (κ1) is 22.7. The third-order valence-corrected chi connectivity index (χ3v) is 7.17. The van der Waals surface area contributed by atoms with Gasteiger partial charge in [0.2, 0.25) is 0 Å². The van der Waals surface area contributed by atoms with Gasteiger partial charge in [0.15, 0.2) is 23.0 Å². The minimum atomic E-state index is -0.454. The molecule has 0 atom stereocenters. The van der Waals surface area contributed by atoms with E-state index in [9.17, 15) is 4.79 Å².